The summed E-state index contributed by atoms with van der Waals surface area (Å²) < 4.78 is 0. The molecule has 1 aromatic carbocycles. The first-order valence-corrected chi connectivity index (χ1v) is 6.57. The van der Waals surface area contributed by atoms with E-state index >= 15 is 0 Å². The predicted octanol–water partition coefficient (Wildman–Crippen LogP) is 2.35. The molecule has 0 amide bonds. The Kier molecular flexibility index (Phi) is 3.74. The summed E-state index contributed by atoms with van der Waals surface area (Å²) in [5.41, 5.74) is 6.72. The van der Waals surface area contributed by atoms with Crippen molar-refractivity contribution in [2.45, 2.75) is 33.2 Å². The minimum absolute atomic E-state index is 0.168. The third kappa shape index (κ3) is 2.86. The van der Waals surface area contributed by atoms with Crippen LogP contribution in [0.5, 0.6) is 0 Å². The van der Waals surface area contributed by atoms with Gasteiger partial charge in [0.25, 0.3) is 5.56 Å². The Morgan fingerprint density at radius 3 is 2.79 bits per heavy atom. The third-order valence-corrected chi connectivity index (χ3v) is 3.30. The average molecular weight is 260 g/mol. The average Bonchev–Trinajstić information content (AvgIpc) is 2.36. The van der Waals surface area contributed by atoms with Gasteiger partial charge in [0.05, 0.1) is 10.9 Å². The molecule has 0 radical (unpaired) electrons. The molecule has 19 heavy (non-hydrogen) atoms. The van der Waals surface area contributed by atoms with E-state index in [0.29, 0.717) is 28.5 Å². The van der Waals surface area contributed by atoms with E-state index in [0.717, 1.165) is 6.42 Å². The van der Waals surface area contributed by atoms with Gasteiger partial charge in [-0.05, 0) is 30.5 Å². The van der Waals surface area contributed by atoms with Crippen LogP contribution in [0.15, 0.2) is 23.0 Å². The van der Waals surface area contributed by atoms with Crippen LogP contribution >= 0.6 is 0 Å². The van der Waals surface area contributed by atoms with Crippen molar-refractivity contribution in [1.29, 1.82) is 0 Å². The molecule has 0 saturated heterocycles. The van der Waals surface area contributed by atoms with Gasteiger partial charge in [-0.3, -0.25) is 9.78 Å². The van der Waals surface area contributed by atoms with Crippen molar-refractivity contribution in [2.24, 2.45) is 5.92 Å². The monoisotopic (exact) mass is 260 g/mol. The summed E-state index contributed by atoms with van der Waals surface area (Å²) in [4.78, 5) is 19.2. The van der Waals surface area contributed by atoms with Gasteiger partial charge in [-0.2, -0.15) is 0 Å². The van der Waals surface area contributed by atoms with Gasteiger partial charge in [0.2, 0.25) is 5.95 Å². The molecule has 1 atom stereocenters. The molecule has 1 heterocycles. The van der Waals surface area contributed by atoms with Crippen molar-refractivity contribution in [3.8, 4) is 0 Å². The summed E-state index contributed by atoms with van der Waals surface area (Å²) in [6.45, 7) is 6.39. The Morgan fingerprint density at radius 1 is 1.42 bits per heavy atom. The number of aromatic amines is 1. The number of aromatic nitrogens is 2. The van der Waals surface area contributed by atoms with Gasteiger partial charge < -0.3 is 11.1 Å². The second-order valence-corrected chi connectivity index (χ2v) is 5.09. The minimum Gasteiger partial charge on any atom is -0.399 e. The number of nitrogen functional groups attached to an aromatic ring is 1. The number of nitrogens with zero attached hydrogens (tertiary/aromatic N) is 1. The zero-order valence-electron chi connectivity index (χ0n) is 11.5. The molecule has 102 valence electrons. The first-order valence-electron chi connectivity index (χ1n) is 6.57. The van der Waals surface area contributed by atoms with Crippen LogP contribution in [0.2, 0.25) is 0 Å². The molecule has 5 nitrogen and oxygen atoms in total. The van der Waals surface area contributed by atoms with Crippen LogP contribution in [0.25, 0.3) is 10.9 Å². The highest BCUT2D eigenvalue weighted by atomic mass is 16.1. The third-order valence-electron chi connectivity index (χ3n) is 3.30. The standard InChI is InChI=1S/C14H20N4O/c1-4-11(8(2)3)16-14-17-12-6-5-9(15)7-10(12)13(19)18-14/h5-8,11H,4,15H2,1-3H3,(H2,16,17,18,19). The molecule has 5 heteroatoms. The lowest BCUT2D eigenvalue weighted by atomic mass is 10.0. The van der Waals surface area contributed by atoms with Gasteiger partial charge in [0.15, 0.2) is 0 Å². The van der Waals surface area contributed by atoms with Crippen molar-refractivity contribution in [3.05, 3.63) is 28.6 Å². The van der Waals surface area contributed by atoms with Gasteiger partial charge in [-0.15, -0.1) is 0 Å². The molecular weight excluding hydrogens is 240 g/mol. The normalized spacial score (nSPS) is 12.8. The lowest BCUT2D eigenvalue weighted by Gasteiger charge is -2.20. The van der Waals surface area contributed by atoms with Crippen LogP contribution in [-0.4, -0.2) is 16.0 Å². The molecule has 0 fully saturated rings. The Balaban J connectivity index is 2.41. The zero-order valence-corrected chi connectivity index (χ0v) is 11.5. The number of rotatable bonds is 4. The number of nitrogens with two attached hydrogens (primary N) is 1. The van der Waals surface area contributed by atoms with Crippen LogP contribution in [-0.2, 0) is 0 Å². The molecule has 0 spiro atoms. The van der Waals surface area contributed by atoms with Crippen LogP contribution < -0.4 is 16.6 Å². The van der Waals surface area contributed by atoms with Crippen molar-refractivity contribution in [2.75, 3.05) is 11.1 Å². The largest absolute Gasteiger partial charge is 0.399 e. The summed E-state index contributed by atoms with van der Waals surface area (Å²) in [5, 5.41) is 3.79. The molecule has 2 aromatic rings. The smallest absolute Gasteiger partial charge is 0.260 e. The number of anilines is 2. The maximum absolute atomic E-state index is 12.0. The zero-order chi connectivity index (χ0) is 14.0. The topological polar surface area (TPSA) is 83.8 Å². The highest BCUT2D eigenvalue weighted by Crippen LogP contribution is 2.15. The number of nitrogens with one attached hydrogen (secondary N) is 2. The number of benzene rings is 1. The molecule has 1 aromatic heterocycles. The van der Waals surface area contributed by atoms with Crippen molar-refractivity contribution in [3.63, 3.8) is 0 Å². The van der Waals surface area contributed by atoms with E-state index < -0.39 is 0 Å². The second kappa shape index (κ2) is 5.30. The van der Waals surface area contributed by atoms with E-state index in [1.807, 2.05) is 0 Å². The fourth-order valence-electron chi connectivity index (χ4n) is 2.14. The summed E-state index contributed by atoms with van der Waals surface area (Å²) in [5.74, 6) is 0.986. The summed E-state index contributed by atoms with van der Waals surface area (Å²) in [7, 11) is 0. The Morgan fingerprint density at radius 2 is 2.16 bits per heavy atom. The van der Waals surface area contributed by atoms with Crippen molar-refractivity contribution >= 4 is 22.5 Å². The number of H-pyrrole nitrogens is 1. The van der Waals surface area contributed by atoms with Gasteiger partial charge in [-0.25, -0.2) is 4.98 Å². The van der Waals surface area contributed by atoms with Gasteiger partial charge in [0, 0.05) is 11.7 Å². The molecule has 1 unspecified atom stereocenters. The summed E-state index contributed by atoms with van der Waals surface area (Å²) in [6.07, 6.45) is 0.973. The SMILES string of the molecule is CCC(Nc1nc2ccc(N)cc2c(=O)[nH]1)C(C)C. The minimum atomic E-state index is -0.168. The maximum atomic E-state index is 12.0. The molecular formula is C14H20N4O. The fourth-order valence-corrected chi connectivity index (χ4v) is 2.14. The molecule has 0 saturated carbocycles. The van der Waals surface area contributed by atoms with Gasteiger partial charge >= 0.3 is 0 Å². The summed E-state index contributed by atoms with van der Waals surface area (Å²) >= 11 is 0. The van der Waals surface area contributed by atoms with E-state index in [1.54, 1.807) is 18.2 Å². The molecule has 0 bridgehead atoms. The Hall–Kier alpha value is -2.04. The molecule has 0 aliphatic rings. The van der Waals surface area contributed by atoms with E-state index in [-0.39, 0.29) is 11.6 Å². The maximum Gasteiger partial charge on any atom is 0.260 e. The lowest BCUT2D eigenvalue weighted by Crippen LogP contribution is -2.27. The van der Waals surface area contributed by atoms with Gasteiger partial charge in [0.1, 0.15) is 0 Å². The first-order chi connectivity index (χ1) is 9.01. The lowest BCUT2D eigenvalue weighted by molar-refractivity contribution is 0.508. The Labute approximate surface area is 112 Å². The predicted molar refractivity (Wildman–Crippen MR) is 79.3 cm³/mol. The van der Waals surface area contributed by atoms with Crippen LogP contribution in [0.4, 0.5) is 11.6 Å². The van der Waals surface area contributed by atoms with Crippen LogP contribution in [0, 0.1) is 5.92 Å². The van der Waals surface area contributed by atoms with E-state index in [4.69, 9.17) is 5.73 Å². The molecule has 4 N–H and O–H groups in total. The number of fused-ring (bicyclic) bond motifs is 1. The quantitative estimate of drug-likeness (QED) is 0.737. The van der Waals surface area contributed by atoms with E-state index in [2.05, 4.69) is 36.1 Å². The van der Waals surface area contributed by atoms with Crippen LogP contribution in [0.1, 0.15) is 27.2 Å². The Bertz CT molecular complexity index is 633. The van der Waals surface area contributed by atoms with E-state index in [1.165, 1.54) is 0 Å². The molecule has 2 rings (SSSR count). The highest BCUT2D eigenvalue weighted by Gasteiger charge is 2.12. The van der Waals surface area contributed by atoms with Crippen LogP contribution in [0.3, 0.4) is 0 Å². The fraction of sp³-hybridized carbons (Fsp3) is 0.429. The highest BCUT2D eigenvalue weighted by molar-refractivity contribution is 5.81. The van der Waals surface area contributed by atoms with E-state index in [9.17, 15) is 4.79 Å². The van der Waals surface area contributed by atoms with Crippen molar-refractivity contribution in [1.82, 2.24) is 9.97 Å². The summed E-state index contributed by atoms with van der Waals surface area (Å²) in [6, 6.07) is 5.44. The second-order valence-electron chi connectivity index (χ2n) is 5.09. The first kappa shape index (κ1) is 13.4. The van der Waals surface area contributed by atoms with Gasteiger partial charge in [-0.1, -0.05) is 20.8 Å². The van der Waals surface area contributed by atoms with Crippen molar-refractivity contribution < 1.29 is 0 Å². The molecule has 0 aliphatic heterocycles. The number of hydrogen-bond acceptors (Lipinski definition) is 4. The molecule has 0 aliphatic carbocycles. The number of hydrogen-bond donors (Lipinski definition) is 3.